The topological polar surface area (TPSA) is 16.1 Å². The Bertz CT molecular complexity index is 794. The van der Waals surface area contributed by atoms with Crippen LogP contribution in [0.5, 0.6) is 0 Å². The van der Waals surface area contributed by atoms with Gasteiger partial charge >= 0.3 is 0 Å². The van der Waals surface area contributed by atoms with Gasteiger partial charge in [0.15, 0.2) is 5.13 Å². The molecule has 0 N–H and O–H groups in total. The summed E-state index contributed by atoms with van der Waals surface area (Å²) in [6.07, 6.45) is 5.10. The van der Waals surface area contributed by atoms with Crippen LogP contribution in [0, 0.1) is 5.92 Å². The zero-order chi connectivity index (χ0) is 18.5. The minimum atomic E-state index is 0.253. The molecule has 0 unspecified atom stereocenters. The highest BCUT2D eigenvalue weighted by atomic mass is 32.1. The summed E-state index contributed by atoms with van der Waals surface area (Å²) in [5.41, 5.74) is 6.00. The van der Waals surface area contributed by atoms with Gasteiger partial charge in [-0.3, -0.25) is 0 Å². The highest BCUT2D eigenvalue weighted by molar-refractivity contribution is 7.14. The molecule has 1 aliphatic carbocycles. The third kappa shape index (κ3) is 3.19. The van der Waals surface area contributed by atoms with Crippen molar-refractivity contribution in [2.75, 3.05) is 18.0 Å². The van der Waals surface area contributed by atoms with E-state index in [1.54, 1.807) is 11.3 Å². The van der Waals surface area contributed by atoms with Crippen LogP contribution in [0.1, 0.15) is 71.4 Å². The van der Waals surface area contributed by atoms with Crippen LogP contribution in [0.3, 0.4) is 0 Å². The van der Waals surface area contributed by atoms with Crippen LogP contribution >= 0.6 is 11.3 Å². The number of hydrogen-bond donors (Lipinski definition) is 0. The van der Waals surface area contributed by atoms with Crippen LogP contribution in [0.4, 0.5) is 5.13 Å². The first kappa shape index (κ1) is 18.0. The van der Waals surface area contributed by atoms with Crippen molar-refractivity contribution in [3.8, 4) is 11.3 Å². The predicted octanol–water partition coefficient (Wildman–Crippen LogP) is 6.40. The molecular formula is C23H32N2S. The molecule has 0 saturated carbocycles. The Balaban J connectivity index is 1.65. The van der Waals surface area contributed by atoms with E-state index in [-0.39, 0.29) is 10.8 Å². The van der Waals surface area contributed by atoms with Gasteiger partial charge < -0.3 is 4.90 Å². The summed E-state index contributed by atoms with van der Waals surface area (Å²) in [5, 5.41) is 3.44. The highest BCUT2D eigenvalue weighted by Gasteiger charge is 2.37. The van der Waals surface area contributed by atoms with Gasteiger partial charge in [0.25, 0.3) is 0 Å². The Morgan fingerprint density at radius 1 is 1.00 bits per heavy atom. The molecule has 1 saturated heterocycles. The second-order valence-electron chi connectivity index (χ2n) is 9.71. The molecule has 3 heteroatoms. The number of fused-ring (bicyclic) bond motifs is 1. The van der Waals surface area contributed by atoms with Crippen molar-refractivity contribution < 1.29 is 0 Å². The molecule has 2 aromatic rings. The van der Waals surface area contributed by atoms with Crippen molar-refractivity contribution in [1.82, 2.24) is 4.98 Å². The van der Waals surface area contributed by atoms with Gasteiger partial charge in [-0.05, 0) is 59.6 Å². The van der Waals surface area contributed by atoms with Crippen molar-refractivity contribution in [2.24, 2.45) is 5.92 Å². The lowest BCUT2D eigenvalue weighted by molar-refractivity contribution is 0.332. The van der Waals surface area contributed by atoms with Crippen molar-refractivity contribution in [2.45, 2.75) is 71.1 Å². The van der Waals surface area contributed by atoms with Crippen LogP contribution in [0.2, 0.25) is 0 Å². The minimum Gasteiger partial charge on any atom is -0.348 e. The molecule has 2 heterocycles. The third-order valence-corrected chi connectivity index (χ3v) is 7.60. The lowest BCUT2D eigenvalue weighted by Crippen LogP contribution is -2.33. The monoisotopic (exact) mass is 368 g/mol. The summed E-state index contributed by atoms with van der Waals surface area (Å²) >= 11 is 1.80. The average molecular weight is 369 g/mol. The fourth-order valence-corrected chi connectivity index (χ4v) is 5.38. The Labute approximate surface area is 162 Å². The van der Waals surface area contributed by atoms with E-state index in [1.807, 2.05) is 0 Å². The van der Waals surface area contributed by atoms with Gasteiger partial charge in [0.05, 0.1) is 5.69 Å². The molecule has 2 aliphatic rings. The van der Waals surface area contributed by atoms with E-state index in [9.17, 15) is 0 Å². The smallest absolute Gasteiger partial charge is 0.185 e. The molecule has 0 amide bonds. The fourth-order valence-electron chi connectivity index (χ4n) is 4.49. The van der Waals surface area contributed by atoms with Gasteiger partial charge in [-0.1, -0.05) is 46.8 Å². The molecule has 0 radical (unpaired) electrons. The fraction of sp³-hybridized carbons (Fsp3) is 0.609. The van der Waals surface area contributed by atoms with Gasteiger partial charge in [0, 0.05) is 24.0 Å². The van der Waals surface area contributed by atoms with Crippen LogP contribution in [-0.2, 0) is 10.8 Å². The van der Waals surface area contributed by atoms with E-state index in [0.717, 1.165) is 24.7 Å². The first-order valence-corrected chi connectivity index (χ1v) is 11.0. The molecule has 0 atom stereocenters. The largest absolute Gasteiger partial charge is 0.348 e. The number of rotatable bonds is 2. The molecule has 0 bridgehead atoms. The maximum absolute atomic E-state index is 5.01. The van der Waals surface area contributed by atoms with Gasteiger partial charge in [-0.15, -0.1) is 11.3 Å². The summed E-state index contributed by atoms with van der Waals surface area (Å²) in [7, 11) is 0. The third-order valence-electron chi connectivity index (χ3n) is 6.69. The SMILES string of the molecule is CC1CCN(c2nc(-c3ccc4c(c3)C(C)(C)CCC4(C)C)cs2)CC1. The molecule has 4 rings (SSSR count). The molecule has 1 aromatic carbocycles. The van der Waals surface area contributed by atoms with Crippen molar-refractivity contribution in [3.63, 3.8) is 0 Å². The number of anilines is 1. The lowest BCUT2D eigenvalue weighted by Gasteiger charge is -2.42. The normalized spacial score (nSPS) is 22.3. The zero-order valence-electron chi connectivity index (χ0n) is 16.9. The quantitative estimate of drug-likeness (QED) is 0.610. The minimum absolute atomic E-state index is 0.253. The molecule has 1 fully saturated rings. The van der Waals surface area contributed by atoms with E-state index < -0.39 is 0 Å². The number of nitrogens with zero attached hydrogens (tertiary/aromatic N) is 2. The second kappa shape index (κ2) is 6.37. The average Bonchev–Trinajstić information content (AvgIpc) is 3.09. The number of piperidine rings is 1. The van der Waals surface area contributed by atoms with Gasteiger partial charge in [-0.2, -0.15) is 0 Å². The maximum Gasteiger partial charge on any atom is 0.185 e. The maximum atomic E-state index is 5.01. The van der Waals surface area contributed by atoms with Crippen LogP contribution in [0.25, 0.3) is 11.3 Å². The Hall–Kier alpha value is -1.35. The lowest BCUT2D eigenvalue weighted by atomic mass is 9.63. The molecule has 140 valence electrons. The van der Waals surface area contributed by atoms with Crippen LogP contribution in [-0.4, -0.2) is 18.1 Å². The Morgan fingerprint density at radius 2 is 1.65 bits per heavy atom. The van der Waals surface area contributed by atoms with E-state index >= 15 is 0 Å². The van der Waals surface area contributed by atoms with Gasteiger partial charge in [0.1, 0.15) is 0 Å². The van der Waals surface area contributed by atoms with Gasteiger partial charge in [-0.25, -0.2) is 4.98 Å². The summed E-state index contributed by atoms with van der Waals surface area (Å²) in [6, 6.07) is 7.08. The second-order valence-corrected chi connectivity index (χ2v) is 10.5. The molecule has 1 aliphatic heterocycles. The number of hydrogen-bond acceptors (Lipinski definition) is 3. The van der Waals surface area contributed by atoms with E-state index in [1.165, 1.54) is 47.5 Å². The number of thiazole rings is 1. The van der Waals surface area contributed by atoms with E-state index in [2.05, 4.69) is 63.1 Å². The van der Waals surface area contributed by atoms with Crippen LogP contribution in [0.15, 0.2) is 23.6 Å². The van der Waals surface area contributed by atoms with Crippen molar-refractivity contribution in [1.29, 1.82) is 0 Å². The van der Waals surface area contributed by atoms with E-state index in [4.69, 9.17) is 4.98 Å². The summed E-state index contributed by atoms with van der Waals surface area (Å²) in [6.45, 7) is 14.2. The van der Waals surface area contributed by atoms with Crippen LogP contribution < -0.4 is 4.90 Å². The standard InChI is InChI=1S/C23H32N2S/c1-16-8-12-25(13-9-16)21-24-20(15-26-21)17-6-7-18-19(14-17)23(4,5)11-10-22(18,2)3/h6-7,14-16H,8-13H2,1-5H3. The van der Waals surface area contributed by atoms with Crippen molar-refractivity contribution in [3.05, 3.63) is 34.7 Å². The molecule has 0 spiro atoms. The first-order chi connectivity index (χ1) is 12.3. The predicted molar refractivity (Wildman–Crippen MR) is 113 cm³/mol. The Kier molecular flexibility index (Phi) is 4.42. The zero-order valence-corrected chi connectivity index (χ0v) is 17.7. The molecular weight excluding hydrogens is 336 g/mol. The van der Waals surface area contributed by atoms with Crippen molar-refractivity contribution >= 4 is 16.5 Å². The number of benzene rings is 1. The summed E-state index contributed by atoms with van der Waals surface area (Å²) in [4.78, 5) is 7.48. The Morgan fingerprint density at radius 3 is 2.35 bits per heavy atom. The van der Waals surface area contributed by atoms with Gasteiger partial charge in [0.2, 0.25) is 0 Å². The molecule has 1 aromatic heterocycles. The highest BCUT2D eigenvalue weighted by Crippen LogP contribution is 2.47. The summed E-state index contributed by atoms with van der Waals surface area (Å²) in [5.74, 6) is 0.858. The first-order valence-electron chi connectivity index (χ1n) is 10.1. The number of aromatic nitrogens is 1. The van der Waals surface area contributed by atoms with E-state index in [0.29, 0.717) is 0 Å². The molecule has 2 nitrogen and oxygen atoms in total. The molecule has 26 heavy (non-hydrogen) atoms. The summed E-state index contributed by atoms with van der Waals surface area (Å²) < 4.78 is 0.